The molecule has 0 aliphatic rings. The minimum Gasteiger partial charge on any atom is -0.330 e. The van der Waals surface area contributed by atoms with E-state index in [9.17, 15) is 0 Å². The Bertz CT molecular complexity index is 500. The molecule has 86 valence electrons. The summed E-state index contributed by atoms with van der Waals surface area (Å²) < 4.78 is 1.28. The number of hydrogen-bond acceptors (Lipinski definition) is 3. The van der Waals surface area contributed by atoms with Gasteiger partial charge in [0, 0.05) is 0 Å². The number of hydrogen-bond donors (Lipinski definition) is 1. The van der Waals surface area contributed by atoms with E-state index in [0.717, 1.165) is 23.5 Å². The fourth-order valence-corrected chi connectivity index (χ4v) is 2.83. The molecule has 0 aliphatic heterocycles. The molecule has 1 aromatic carbocycles. The lowest BCUT2D eigenvalue weighted by Crippen LogP contribution is -2.21. The van der Waals surface area contributed by atoms with Gasteiger partial charge < -0.3 is 5.73 Å². The third kappa shape index (κ3) is 2.11. The quantitative estimate of drug-likeness (QED) is 0.885. The minimum atomic E-state index is 0.154. The summed E-state index contributed by atoms with van der Waals surface area (Å²) in [5.74, 6) is 0. The number of nitrogens with two attached hydrogens (primary N) is 1. The van der Waals surface area contributed by atoms with Gasteiger partial charge >= 0.3 is 0 Å². The van der Waals surface area contributed by atoms with Gasteiger partial charge in [-0.2, -0.15) is 0 Å². The van der Waals surface area contributed by atoms with Gasteiger partial charge in [-0.25, -0.2) is 4.98 Å². The van der Waals surface area contributed by atoms with Crippen LogP contribution in [-0.4, -0.2) is 11.5 Å². The van der Waals surface area contributed by atoms with Crippen LogP contribution in [0.25, 0.3) is 10.2 Å². The second-order valence-electron chi connectivity index (χ2n) is 4.84. The molecule has 0 radical (unpaired) electrons. The van der Waals surface area contributed by atoms with Crippen molar-refractivity contribution in [2.24, 2.45) is 5.73 Å². The topological polar surface area (TPSA) is 38.9 Å². The first-order valence-corrected chi connectivity index (χ1v) is 6.42. The third-order valence-electron chi connectivity index (χ3n) is 3.05. The maximum absolute atomic E-state index is 5.66. The van der Waals surface area contributed by atoms with Gasteiger partial charge in [0.15, 0.2) is 0 Å². The number of aromatic nitrogens is 1. The Labute approximate surface area is 101 Å². The van der Waals surface area contributed by atoms with Crippen LogP contribution in [0.15, 0.2) is 18.2 Å². The molecule has 16 heavy (non-hydrogen) atoms. The normalized spacial score (nSPS) is 12.2. The van der Waals surface area contributed by atoms with Gasteiger partial charge in [-0.3, -0.25) is 0 Å². The van der Waals surface area contributed by atoms with E-state index >= 15 is 0 Å². The highest BCUT2D eigenvalue weighted by Crippen LogP contribution is 2.31. The maximum Gasteiger partial charge on any atom is 0.0907 e. The predicted octanol–water partition coefficient (Wildman–Crippen LogP) is 3.23. The van der Waals surface area contributed by atoms with E-state index in [-0.39, 0.29) is 5.41 Å². The van der Waals surface area contributed by atoms with Crippen molar-refractivity contribution in [3.63, 3.8) is 0 Å². The van der Waals surface area contributed by atoms with Crippen molar-refractivity contribution in [2.45, 2.75) is 32.6 Å². The van der Waals surface area contributed by atoms with E-state index in [0.29, 0.717) is 0 Å². The molecule has 0 atom stereocenters. The van der Waals surface area contributed by atoms with Crippen molar-refractivity contribution in [3.8, 4) is 0 Å². The first-order chi connectivity index (χ1) is 7.53. The number of benzene rings is 1. The Morgan fingerprint density at radius 1 is 1.38 bits per heavy atom. The molecule has 0 bridgehead atoms. The van der Waals surface area contributed by atoms with Crippen LogP contribution in [0.1, 0.15) is 30.8 Å². The van der Waals surface area contributed by atoms with E-state index in [1.165, 1.54) is 10.3 Å². The van der Waals surface area contributed by atoms with Crippen LogP contribution >= 0.6 is 11.3 Å². The molecule has 2 nitrogen and oxygen atoms in total. The molecule has 0 aliphatic carbocycles. The molecule has 3 heteroatoms. The molecule has 0 spiro atoms. The number of nitrogens with zero attached hydrogens (tertiary/aromatic N) is 1. The second-order valence-corrected chi connectivity index (χ2v) is 6.07. The highest BCUT2D eigenvalue weighted by molar-refractivity contribution is 7.18. The number of thiazole rings is 1. The van der Waals surface area contributed by atoms with Crippen molar-refractivity contribution < 1.29 is 0 Å². The Hall–Kier alpha value is -0.930. The lowest BCUT2D eigenvalue weighted by atomic mass is 9.81. The van der Waals surface area contributed by atoms with Crippen molar-refractivity contribution >= 4 is 21.6 Å². The summed E-state index contributed by atoms with van der Waals surface area (Å²) in [4.78, 5) is 4.48. The second kappa shape index (κ2) is 4.15. The Morgan fingerprint density at radius 3 is 2.81 bits per heavy atom. The van der Waals surface area contributed by atoms with Gasteiger partial charge in [0.1, 0.15) is 0 Å². The van der Waals surface area contributed by atoms with E-state index < -0.39 is 0 Å². The van der Waals surface area contributed by atoms with E-state index in [2.05, 4.69) is 44.0 Å². The average Bonchev–Trinajstić information content (AvgIpc) is 2.56. The summed E-state index contributed by atoms with van der Waals surface area (Å²) in [7, 11) is 0. The van der Waals surface area contributed by atoms with Gasteiger partial charge in [0.25, 0.3) is 0 Å². The van der Waals surface area contributed by atoms with Crippen LogP contribution in [0.5, 0.6) is 0 Å². The molecule has 1 aromatic heterocycles. The van der Waals surface area contributed by atoms with E-state index in [1.807, 2.05) is 0 Å². The first kappa shape index (κ1) is 11.6. The fourth-order valence-electron chi connectivity index (χ4n) is 1.97. The highest BCUT2D eigenvalue weighted by atomic mass is 32.1. The van der Waals surface area contributed by atoms with Crippen molar-refractivity contribution in [2.75, 3.05) is 6.54 Å². The highest BCUT2D eigenvalue weighted by Gasteiger charge is 2.20. The summed E-state index contributed by atoms with van der Waals surface area (Å²) in [6.45, 7) is 7.27. The standard InChI is InChI=1S/C13H18N2S/c1-9-15-11-5-4-10(8-12(11)16-9)13(2,3)6-7-14/h4-5,8H,6-7,14H2,1-3H3. The third-order valence-corrected chi connectivity index (χ3v) is 3.98. The van der Waals surface area contributed by atoms with Crippen LogP contribution in [0.3, 0.4) is 0 Å². The van der Waals surface area contributed by atoms with Gasteiger partial charge in [0.2, 0.25) is 0 Å². The van der Waals surface area contributed by atoms with Crippen molar-refractivity contribution in [1.82, 2.24) is 4.98 Å². The Kier molecular flexibility index (Phi) is 3.00. The van der Waals surface area contributed by atoms with Crippen molar-refractivity contribution in [3.05, 3.63) is 28.8 Å². The molecule has 0 saturated heterocycles. The zero-order chi connectivity index (χ0) is 11.8. The molecular formula is C13H18N2S. The zero-order valence-corrected chi connectivity index (χ0v) is 10.9. The number of aryl methyl sites for hydroxylation is 1. The van der Waals surface area contributed by atoms with Crippen LogP contribution in [0.2, 0.25) is 0 Å². The molecule has 1 heterocycles. The monoisotopic (exact) mass is 234 g/mol. The van der Waals surface area contributed by atoms with Crippen LogP contribution < -0.4 is 5.73 Å². The molecular weight excluding hydrogens is 216 g/mol. The number of rotatable bonds is 3. The van der Waals surface area contributed by atoms with Crippen LogP contribution in [0.4, 0.5) is 0 Å². The molecule has 0 fully saturated rings. The van der Waals surface area contributed by atoms with Crippen molar-refractivity contribution in [1.29, 1.82) is 0 Å². The average molecular weight is 234 g/mol. The molecule has 2 N–H and O–H groups in total. The van der Waals surface area contributed by atoms with Crippen LogP contribution in [-0.2, 0) is 5.41 Å². The SMILES string of the molecule is Cc1nc2ccc(C(C)(C)CCN)cc2s1. The fraction of sp³-hybridized carbons (Fsp3) is 0.462. The largest absolute Gasteiger partial charge is 0.330 e. The summed E-state index contributed by atoms with van der Waals surface area (Å²) in [6.07, 6.45) is 1.01. The summed E-state index contributed by atoms with van der Waals surface area (Å²) in [6, 6.07) is 6.55. The zero-order valence-electron chi connectivity index (χ0n) is 10.1. The lowest BCUT2D eigenvalue weighted by molar-refractivity contribution is 0.488. The minimum absolute atomic E-state index is 0.154. The van der Waals surface area contributed by atoms with Gasteiger partial charge in [-0.05, 0) is 43.0 Å². The first-order valence-electron chi connectivity index (χ1n) is 5.61. The molecule has 2 aromatic rings. The molecule has 0 saturated carbocycles. The van der Waals surface area contributed by atoms with Gasteiger partial charge in [-0.1, -0.05) is 19.9 Å². The Morgan fingerprint density at radius 2 is 2.12 bits per heavy atom. The molecule has 0 unspecified atom stereocenters. The van der Waals surface area contributed by atoms with E-state index in [4.69, 9.17) is 5.73 Å². The van der Waals surface area contributed by atoms with E-state index in [1.54, 1.807) is 11.3 Å². The molecule has 2 rings (SSSR count). The maximum atomic E-state index is 5.66. The predicted molar refractivity (Wildman–Crippen MR) is 71.1 cm³/mol. The summed E-state index contributed by atoms with van der Waals surface area (Å²) >= 11 is 1.76. The van der Waals surface area contributed by atoms with Gasteiger partial charge in [-0.15, -0.1) is 11.3 Å². The summed E-state index contributed by atoms with van der Waals surface area (Å²) in [5.41, 5.74) is 8.27. The van der Waals surface area contributed by atoms with Crippen LogP contribution in [0, 0.1) is 6.92 Å². The lowest BCUT2D eigenvalue weighted by Gasteiger charge is -2.24. The summed E-state index contributed by atoms with van der Waals surface area (Å²) in [5, 5.41) is 1.13. The Balaban J connectivity index is 2.45. The number of fused-ring (bicyclic) bond motifs is 1. The molecule has 0 amide bonds. The smallest absolute Gasteiger partial charge is 0.0907 e. The van der Waals surface area contributed by atoms with Gasteiger partial charge in [0.05, 0.1) is 15.2 Å².